The number of hydrogen-bond acceptors (Lipinski definition) is 3. The van der Waals surface area contributed by atoms with Crippen LogP contribution in [0.15, 0.2) is 0 Å². The highest BCUT2D eigenvalue weighted by molar-refractivity contribution is 5.67. The van der Waals surface area contributed by atoms with Crippen molar-refractivity contribution in [1.82, 2.24) is 0 Å². The van der Waals surface area contributed by atoms with Gasteiger partial charge in [-0.25, -0.2) is 0 Å². The van der Waals surface area contributed by atoms with Crippen molar-refractivity contribution in [2.24, 2.45) is 34.5 Å². The van der Waals surface area contributed by atoms with E-state index in [1.165, 1.54) is 6.42 Å². The van der Waals surface area contributed by atoms with Crippen molar-refractivity contribution in [1.29, 1.82) is 0 Å². The molecular weight excluding hydrogens is 304 g/mol. The Kier molecular flexibility index (Phi) is 3.82. The SMILES string of the molecule is C[C@@]12CCC[C@H](CC(=O)O)[C@H]1CC[C@@]13C[C@H](CC[C@H]12)[C@](O)(CO)C3. The van der Waals surface area contributed by atoms with Crippen LogP contribution in [0.5, 0.6) is 0 Å². The molecule has 1 spiro atoms. The second-order valence-electron chi connectivity index (χ2n) is 9.73. The second kappa shape index (κ2) is 5.44. The third-order valence-corrected chi connectivity index (χ3v) is 8.78. The Hall–Kier alpha value is -0.610. The predicted octanol–water partition coefficient (Wildman–Crippen LogP) is 3.21. The zero-order valence-electron chi connectivity index (χ0n) is 14.8. The number of carboxylic acids is 1. The molecule has 4 rings (SSSR count). The maximum absolute atomic E-state index is 11.3. The van der Waals surface area contributed by atoms with Gasteiger partial charge in [0.05, 0.1) is 12.2 Å². The van der Waals surface area contributed by atoms with Crippen LogP contribution in [-0.4, -0.2) is 33.5 Å². The van der Waals surface area contributed by atoms with Crippen LogP contribution in [-0.2, 0) is 4.79 Å². The summed E-state index contributed by atoms with van der Waals surface area (Å²) in [6.07, 6.45) is 9.98. The fraction of sp³-hybridized carbons (Fsp3) is 0.950. The molecule has 4 nitrogen and oxygen atoms in total. The average Bonchev–Trinajstić information content (AvgIpc) is 2.73. The molecule has 7 atom stereocenters. The number of rotatable bonds is 3. The lowest BCUT2D eigenvalue weighted by atomic mass is 9.43. The van der Waals surface area contributed by atoms with Crippen LogP contribution in [0.25, 0.3) is 0 Å². The summed E-state index contributed by atoms with van der Waals surface area (Å²) >= 11 is 0. The lowest BCUT2D eigenvalue weighted by Crippen LogP contribution is -2.54. The van der Waals surface area contributed by atoms with E-state index in [2.05, 4.69) is 6.92 Å². The Morgan fingerprint density at radius 3 is 2.67 bits per heavy atom. The molecule has 0 aromatic carbocycles. The summed E-state index contributed by atoms with van der Waals surface area (Å²) in [5, 5.41) is 30.0. The van der Waals surface area contributed by atoms with Crippen LogP contribution in [0.3, 0.4) is 0 Å². The highest BCUT2D eigenvalue weighted by atomic mass is 16.4. The van der Waals surface area contributed by atoms with Crippen LogP contribution in [0, 0.1) is 34.5 Å². The van der Waals surface area contributed by atoms with Gasteiger partial charge < -0.3 is 15.3 Å². The van der Waals surface area contributed by atoms with Gasteiger partial charge in [0.1, 0.15) is 0 Å². The molecular formula is C20H32O4. The van der Waals surface area contributed by atoms with E-state index in [9.17, 15) is 20.1 Å². The van der Waals surface area contributed by atoms with Gasteiger partial charge in [-0.3, -0.25) is 4.79 Å². The maximum atomic E-state index is 11.3. The molecule has 2 bridgehead atoms. The van der Waals surface area contributed by atoms with Gasteiger partial charge in [-0.15, -0.1) is 0 Å². The van der Waals surface area contributed by atoms with Gasteiger partial charge in [-0.2, -0.15) is 0 Å². The van der Waals surface area contributed by atoms with Crippen LogP contribution in [0.4, 0.5) is 0 Å². The topological polar surface area (TPSA) is 77.8 Å². The minimum atomic E-state index is -0.868. The number of aliphatic hydroxyl groups is 2. The number of aliphatic hydroxyl groups excluding tert-OH is 1. The number of fused-ring (bicyclic) bond motifs is 3. The molecule has 4 heteroatoms. The summed E-state index contributed by atoms with van der Waals surface area (Å²) in [6.45, 7) is 2.32. The van der Waals surface area contributed by atoms with Crippen molar-refractivity contribution in [3.05, 3.63) is 0 Å². The molecule has 4 aliphatic rings. The molecule has 0 radical (unpaired) electrons. The number of aliphatic carboxylic acids is 1. The van der Waals surface area contributed by atoms with Crippen LogP contribution >= 0.6 is 0 Å². The molecule has 4 fully saturated rings. The molecule has 4 saturated carbocycles. The molecule has 136 valence electrons. The van der Waals surface area contributed by atoms with Crippen molar-refractivity contribution >= 4 is 5.97 Å². The van der Waals surface area contributed by atoms with Crippen molar-refractivity contribution in [2.75, 3.05) is 6.61 Å². The van der Waals surface area contributed by atoms with Crippen LogP contribution in [0.1, 0.15) is 71.1 Å². The van der Waals surface area contributed by atoms with E-state index >= 15 is 0 Å². The summed E-state index contributed by atoms with van der Waals surface area (Å²) in [5.74, 6) is 1.06. The fourth-order valence-corrected chi connectivity index (χ4v) is 7.98. The van der Waals surface area contributed by atoms with Gasteiger partial charge >= 0.3 is 5.97 Å². The van der Waals surface area contributed by atoms with E-state index in [0.717, 1.165) is 51.4 Å². The minimum Gasteiger partial charge on any atom is -0.481 e. The summed E-state index contributed by atoms with van der Waals surface area (Å²) < 4.78 is 0. The Bertz CT molecular complexity index is 534. The van der Waals surface area contributed by atoms with Crippen molar-refractivity contribution in [2.45, 2.75) is 76.7 Å². The first-order chi connectivity index (χ1) is 11.3. The monoisotopic (exact) mass is 336 g/mol. The summed E-state index contributed by atoms with van der Waals surface area (Å²) in [5.41, 5.74) is -0.452. The Morgan fingerprint density at radius 1 is 1.17 bits per heavy atom. The first kappa shape index (κ1) is 16.8. The van der Waals surface area contributed by atoms with Gasteiger partial charge in [-0.1, -0.05) is 13.3 Å². The van der Waals surface area contributed by atoms with Crippen molar-refractivity contribution < 1.29 is 20.1 Å². The Labute approximate surface area is 144 Å². The molecule has 0 aromatic rings. The number of carboxylic acid groups (broad SMARTS) is 1. The standard InChI is InChI=1S/C20H32O4/c1-18-7-2-3-13(9-17(22)23)15(18)6-8-19-10-14(4-5-16(18)19)20(24,11-19)12-21/h13-16,21,24H,2-12H2,1H3,(H,22,23)/t13-,14+,15-,16+,18-,19+,20-/m1/s1. The van der Waals surface area contributed by atoms with E-state index in [4.69, 9.17) is 0 Å². The lowest BCUT2D eigenvalue weighted by Gasteiger charge is -2.61. The predicted molar refractivity (Wildman–Crippen MR) is 90.3 cm³/mol. The maximum Gasteiger partial charge on any atom is 0.303 e. The Morgan fingerprint density at radius 2 is 1.96 bits per heavy atom. The highest BCUT2D eigenvalue weighted by Gasteiger charge is 2.66. The molecule has 24 heavy (non-hydrogen) atoms. The van der Waals surface area contributed by atoms with Crippen molar-refractivity contribution in [3.8, 4) is 0 Å². The molecule has 3 N–H and O–H groups in total. The largest absolute Gasteiger partial charge is 0.481 e. The van der Waals surface area contributed by atoms with E-state index in [-0.39, 0.29) is 23.4 Å². The van der Waals surface area contributed by atoms with Crippen molar-refractivity contribution in [3.63, 3.8) is 0 Å². The average molecular weight is 336 g/mol. The summed E-state index contributed by atoms with van der Waals surface area (Å²) in [4.78, 5) is 11.3. The lowest BCUT2D eigenvalue weighted by molar-refractivity contribution is -0.147. The Balaban J connectivity index is 1.65. The van der Waals surface area contributed by atoms with Gasteiger partial charge in [0, 0.05) is 6.42 Å². The molecule has 0 heterocycles. The molecule has 0 unspecified atom stereocenters. The third kappa shape index (κ3) is 2.21. The first-order valence-electron chi connectivity index (χ1n) is 9.88. The summed E-state index contributed by atoms with van der Waals surface area (Å²) in [7, 11) is 0. The molecule has 0 amide bonds. The molecule has 0 aliphatic heterocycles. The first-order valence-corrected chi connectivity index (χ1v) is 9.88. The van der Waals surface area contributed by atoms with Crippen LogP contribution in [0.2, 0.25) is 0 Å². The highest BCUT2D eigenvalue weighted by Crippen LogP contribution is 2.71. The zero-order chi connectivity index (χ0) is 17.2. The molecule has 0 aromatic heterocycles. The normalized spacial score (nSPS) is 53.3. The van der Waals surface area contributed by atoms with E-state index in [1.807, 2.05) is 0 Å². The molecule has 0 saturated heterocycles. The zero-order valence-corrected chi connectivity index (χ0v) is 14.8. The van der Waals surface area contributed by atoms with Gasteiger partial charge in [0.15, 0.2) is 0 Å². The minimum absolute atomic E-state index is 0.103. The summed E-state index contributed by atoms with van der Waals surface area (Å²) in [6, 6.07) is 0. The van der Waals surface area contributed by atoms with Crippen LogP contribution < -0.4 is 0 Å². The van der Waals surface area contributed by atoms with E-state index in [1.54, 1.807) is 0 Å². The number of carbonyl (C=O) groups is 1. The fourth-order valence-electron chi connectivity index (χ4n) is 7.98. The second-order valence-corrected chi connectivity index (χ2v) is 9.73. The quantitative estimate of drug-likeness (QED) is 0.739. The third-order valence-electron chi connectivity index (χ3n) is 8.78. The molecule has 4 aliphatic carbocycles. The van der Waals surface area contributed by atoms with E-state index in [0.29, 0.717) is 24.2 Å². The smallest absolute Gasteiger partial charge is 0.303 e. The van der Waals surface area contributed by atoms with E-state index < -0.39 is 11.6 Å². The van der Waals surface area contributed by atoms with Gasteiger partial charge in [-0.05, 0) is 85.9 Å². The number of hydrogen-bond donors (Lipinski definition) is 3. The van der Waals surface area contributed by atoms with Gasteiger partial charge in [0.2, 0.25) is 0 Å². The van der Waals surface area contributed by atoms with Gasteiger partial charge in [0.25, 0.3) is 0 Å².